The second kappa shape index (κ2) is 11.6. The first-order valence-electron chi connectivity index (χ1n) is 14.8. The van der Waals surface area contributed by atoms with Gasteiger partial charge in [0.15, 0.2) is 0 Å². The Hall–Kier alpha value is -2.34. The zero-order valence-electron chi connectivity index (χ0n) is 23.0. The average molecular weight is 547 g/mol. The Labute approximate surface area is 237 Å². The lowest BCUT2D eigenvalue weighted by molar-refractivity contribution is -0.0733. The molecule has 1 aromatic heterocycles. The number of nitrogens with zero attached hydrogens (tertiary/aromatic N) is 3. The van der Waals surface area contributed by atoms with E-state index < -0.39 is 0 Å². The van der Waals surface area contributed by atoms with Gasteiger partial charge in [-0.15, -0.1) is 11.8 Å². The van der Waals surface area contributed by atoms with Gasteiger partial charge in [-0.1, -0.05) is 18.2 Å². The van der Waals surface area contributed by atoms with Crippen molar-refractivity contribution in [3.05, 3.63) is 41.6 Å². The normalized spacial score (nSPS) is 33.1. The minimum Gasteiger partial charge on any atom is -0.396 e. The summed E-state index contributed by atoms with van der Waals surface area (Å²) in [5.74, 6) is 4.06. The molecule has 5 aliphatic carbocycles. The van der Waals surface area contributed by atoms with Gasteiger partial charge in [-0.2, -0.15) is 10.2 Å². The molecule has 3 unspecified atom stereocenters. The maximum atomic E-state index is 9.75. The van der Waals surface area contributed by atoms with Gasteiger partial charge in [0.1, 0.15) is 17.5 Å². The largest absolute Gasteiger partial charge is 0.396 e. The van der Waals surface area contributed by atoms with Crippen molar-refractivity contribution in [3.63, 3.8) is 0 Å². The number of thioether (sulfide) groups is 1. The lowest BCUT2D eigenvalue weighted by Gasteiger charge is -2.61. The van der Waals surface area contributed by atoms with Crippen LogP contribution in [0.1, 0.15) is 68.9 Å². The number of aliphatic hydroxyl groups excluding tert-OH is 1. The van der Waals surface area contributed by atoms with Crippen molar-refractivity contribution in [3.8, 4) is 6.07 Å². The van der Waals surface area contributed by atoms with Crippen molar-refractivity contribution in [2.24, 2.45) is 29.1 Å². The fourth-order valence-corrected chi connectivity index (χ4v) is 9.06. The van der Waals surface area contributed by atoms with E-state index in [9.17, 15) is 10.4 Å². The Morgan fingerprint density at radius 1 is 1.08 bits per heavy atom. The van der Waals surface area contributed by atoms with Crippen LogP contribution >= 0.6 is 11.8 Å². The van der Waals surface area contributed by atoms with Gasteiger partial charge in [0.2, 0.25) is 5.95 Å². The van der Waals surface area contributed by atoms with Crippen LogP contribution in [0.5, 0.6) is 0 Å². The van der Waals surface area contributed by atoms with Crippen LogP contribution < -0.4 is 16.0 Å². The topological polar surface area (TPSA) is 106 Å². The standard InChI is InChI=1S/C31H42N6OS/c1-39-27-5-3-2-4-22(27)16-33-30-34-17-25(15-32)29(37-30)35-19-31-12-21-10-23(13-31)28(24(11-21)14-31)36-26-8-6-20(18-38)7-9-26/h2-5,17,20-21,23-24,26,28,36,38H,6-14,16,18-19H2,1H3,(H2,33,34,35,37)/t20?,21?,23-,24+,26?,28?,31?. The average Bonchev–Trinajstić information content (AvgIpc) is 2.97. The summed E-state index contributed by atoms with van der Waals surface area (Å²) < 4.78 is 0. The molecule has 0 spiro atoms. The third kappa shape index (κ3) is 5.77. The summed E-state index contributed by atoms with van der Waals surface area (Å²) in [6, 6.07) is 11.9. The Balaban J connectivity index is 1.09. The van der Waals surface area contributed by atoms with Crippen LogP contribution in [0.4, 0.5) is 11.8 Å². The summed E-state index contributed by atoms with van der Waals surface area (Å²) in [6.45, 7) is 1.88. The molecule has 4 bridgehead atoms. The van der Waals surface area contributed by atoms with E-state index in [-0.39, 0.29) is 0 Å². The van der Waals surface area contributed by atoms with Gasteiger partial charge in [0, 0.05) is 36.7 Å². The Bertz CT molecular complexity index is 1180. The van der Waals surface area contributed by atoms with Gasteiger partial charge in [-0.25, -0.2) is 4.98 Å². The number of hydrogen-bond donors (Lipinski definition) is 4. The van der Waals surface area contributed by atoms with Crippen molar-refractivity contribution in [1.82, 2.24) is 15.3 Å². The monoisotopic (exact) mass is 546 g/mol. The van der Waals surface area contributed by atoms with Crippen molar-refractivity contribution >= 4 is 23.5 Å². The van der Waals surface area contributed by atoms with Gasteiger partial charge >= 0.3 is 0 Å². The van der Waals surface area contributed by atoms with E-state index in [2.05, 4.69) is 57.5 Å². The maximum absolute atomic E-state index is 9.75. The highest BCUT2D eigenvalue weighted by Gasteiger charge is 2.55. The maximum Gasteiger partial charge on any atom is 0.224 e. The first-order chi connectivity index (χ1) is 19.1. The van der Waals surface area contributed by atoms with E-state index in [0.29, 0.717) is 53.9 Å². The second-order valence-corrected chi connectivity index (χ2v) is 13.5. The number of benzene rings is 1. The summed E-state index contributed by atoms with van der Waals surface area (Å²) >= 11 is 1.74. The van der Waals surface area contributed by atoms with Crippen molar-refractivity contribution < 1.29 is 5.11 Å². The fraction of sp³-hybridized carbons (Fsp3) is 0.645. The summed E-state index contributed by atoms with van der Waals surface area (Å²) in [5, 5.41) is 30.4. The third-order valence-corrected chi connectivity index (χ3v) is 10.9. The molecule has 7 rings (SSSR count). The van der Waals surface area contributed by atoms with E-state index >= 15 is 0 Å². The SMILES string of the molecule is CSc1ccccc1CNc1ncc(C#N)c(NCC23CC4C[C@H](C2)C(NC2CCC(CO)CC2)[C@@H](C4)C3)n1. The lowest BCUT2D eigenvalue weighted by atomic mass is 9.47. The molecule has 39 heavy (non-hydrogen) atoms. The fourth-order valence-electron chi connectivity index (χ4n) is 8.44. The molecular formula is C31H42N6OS. The number of anilines is 2. The zero-order valence-corrected chi connectivity index (χ0v) is 23.8. The van der Waals surface area contributed by atoms with E-state index in [0.717, 1.165) is 37.1 Å². The van der Waals surface area contributed by atoms with Crippen LogP contribution in [0.2, 0.25) is 0 Å². The number of aromatic nitrogens is 2. The van der Waals surface area contributed by atoms with E-state index in [4.69, 9.17) is 4.98 Å². The molecule has 208 valence electrons. The summed E-state index contributed by atoms with van der Waals surface area (Å²) in [6.07, 6.45) is 15.0. The highest BCUT2D eigenvalue weighted by Crippen LogP contribution is 2.60. The molecule has 1 aromatic carbocycles. The van der Waals surface area contributed by atoms with Gasteiger partial charge in [-0.05, 0) is 105 Å². The van der Waals surface area contributed by atoms with Gasteiger partial charge in [0.25, 0.3) is 0 Å². The molecule has 5 atom stereocenters. The molecule has 7 nitrogen and oxygen atoms in total. The van der Waals surface area contributed by atoms with Gasteiger partial charge in [0.05, 0.1) is 6.20 Å². The van der Waals surface area contributed by atoms with Crippen LogP contribution in [-0.2, 0) is 6.54 Å². The number of nitrogens with one attached hydrogen (secondary N) is 3. The Morgan fingerprint density at radius 2 is 1.85 bits per heavy atom. The predicted octanol–water partition coefficient (Wildman–Crippen LogP) is 5.43. The molecular weight excluding hydrogens is 504 g/mol. The highest BCUT2D eigenvalue weighted by molar-refractivity contribution is 7.98. The van der Waals surface area contributed by atoms with Crippen LogP contribution in [0, 0.1) is 40.4 Å². The van der Waals surface area contributed by atoms with Crippen molar-refractivity contribution in [2.75, 3.05) is 30.0 Å². The van der Waals surface area contributed by atoms with Gasteiger partial charge in [-0.3, -0.25) is 0 Å². The minimum atomic E-state index is 0.297. The number of nitriles is 1. The molecule has 5 aliphatic rings. The Morgan fingerprint density at radius 3 is 2.56 bits per heavy atom. The summed E-state index contributed by atoms with van der Waals surface area (Å²) in [7, 11) is 0. The van der Waals surface area contributed by atoms with Crippen LogP contribution in [-0.4, -0.2) is 46.6 Å². The lowest BCUT2D eigenvalue weighted by Crippen LogP contribution is -2.61. The highest BCUT2D eigenvalue weighted by atomic mass is 32.2. The molecule has 4 N–H and O–H groups in total. The predicted molar refractivity (Wildman–Crippen MR) is 157 cm³/mol. The Kier molecular flexibility index (Phi) is 8.02. The molecule has 1 heterocycles. The van der Waals surface area contributed by atoms with Crippen molar-refractivity contribution in [2.45, 2.75) is 81.3 Å². The first-order valence-corrected chi connectivity index (χ1v) is 16.0. The minimum absolute atomic E-state index is 0.297. The molecule has 0 amide bonds. The van der Waals surface area contributed by atoms with E-state index in [1.54, 1.807) is 18.0 Å². The number of rotatable bonds is 10. The summed E-state index contributed by atoms with van der Waals surface area (Å²) in [4.78, 5) is 10.4. The molecule has 2 aromatic rings. The summed E-state index contributed by atoms with van der Waals surface area (Å²) in [5.41, 5.74) is 2.02. The molecule has 5 saturated carbocycles. The molecule has 5 fully saturated rings. The zero-order chi connectivity index (χ0) is 26.8. The quantitative estimate of drug-likeness (QED) is 0.292. The molecule has 0 aliphatic heterocycles. The smallest absolute Gasteiger partial charge is 0.224 e. The van der Waals surface area contributed by atoms with Crippen LogP contribution in [0.25, 0.3) is 0 Å². The molecule has 0 saturated heterocycles. The van der Waals surface area contributed by atoms with E-state index in [1.165, 1.54) is 55.4 Å². The third-order valence-electron chi connectivity index (χ3n) is 10.1. The van der Waals surface area contributed by atoms with E-state index in [1.807, 2.05) is 0 Å². The van der Waals surface area contributed by atoms with Crippen LogP contribution in [0.3, 0.4) is 0 Å². The molecule has 0 radical (unpaired) electrons. The number of aliphatic hydroxyl groups is 1. The number of hydrogen-bond acceptors (Lipinski definition) is 8. The van der Waals surface area contributed by atoms with Crippen LogP contribution in [0.15, 0.2) is 35.4 Å². The van der Waals surface area contributed by atoms with Gasteiger partial charge < -0.3 is 21.1 Å². The second-order valence-electron chi connectivity index (χ2n) is 12.6. The molecule has 8 heteroatoms. The van der Waals surface area contributed by atoms with Crippen molar-refractivity contribution in [1.29, 1.82) is 5.26 Å². The first kappa shape index (κ1) is 26.9.